The average Bonchev–Trinajstić information content (AvgIpc) is 2.96. The minimum atomic E-state index is -0.143. The fourth-order valence-corrected chi connectivity index (χ4v) is 2.95. The molecule has 2 heterocycles. The Morgan fingerprint density at radius 3 is 2.74 bits per heavy atom. The van der Waals surface area contributed by atoms with Gasteiger partial charge in [0.2, 0.25) is 5.91 Å². The third kappa shape index (κ3) is 3.04. The number of carbonyl (C=O) groups is 2. The fourth-order valence-electron chi connectivity index (χ4n) is 2.95. The topological polar surface area (TPSA) is 79.9 Å². The van der Waals surface area contributed by atoms with Crippen molar-refractivity contribution < 1.29 is 19.1 Å². The number of likely N-dealkylation sites (tertiary alicyclic amines) is 1. The first-order valence-corrected chi connectivity index (χ1v) is 7.69. The van der Waals surface area contributed by atoms with Crippen molar-refractivity contribution in [3.8, 4) is 11.5 Å². The lowest BCUT2D eigenvalue weighted by Gasteiger charge is -2.26. The number of benzene rings is 1. The minimum absolute atomic E-state index is 0.0473. The van der Waals surface area contributed by atoms with Crippen LogP contribution in [0.25, 0.3) is 0 Å². The molecule has 1 aromatic carbocycles. The second-order valence-corrected chi connectivity index (χ2v) is 5.88. The number of carbonyl (C=O) groups excluding carboxylic acids is 2. The number of methoxy groups -OCH3 is 1. The summed E-state index contributed by atoms with van der Waals surface area (Å²) in [6.07, 6.45) is 0.538. The summed E-state index contributed by atoms with van der Waals surface area (Å²) in [5.74, 6) is 0.995. The highest BCUT2D eigenvalue weighted by atomic mass is 16.5. The summed E-state index contributed by atoms with van der Waals surface area (Å²) in [5, 5.41) is 6.00. The number of ether oxygens (including phenoxy) is 2. The van der Waals surface area contributed by atoms with Crippen LogP contribution < -0.4 is 20.1 Å². The molecule has 3 rings (SSSR count). The molecule has 1 fully saturated rings. The molecule has 1 saturated heterocycles. The maximum absolute atomic E-state index is 12.1. The van der Waals surface area contributed by atoms with Crippen LogP contribution in [0.4, 0.5) is 5.69 Å². The molecule has 0 radical (unpaired) electrons. The van der Waals surface area contributed by atoms with Gasteiger partial charge >= 0.3 is 0 Å². The summed E-state index contributed by atoms with van der Waals surface area (Å²) < 4.78 is 11.4. The molecule has 124 valence electrons. The van der Waals surface area contributed by atoms with Crippen molar-refractivity contribution in [2.45, 2.75) is 32.5 Å². The number of hydrogen-bond donors (Lipinski definition) is 2. The lowest BCUT2D eigenvalue weighted by Crippen LogP contribution is -2.42. The minimum Gasteiger partial charge on any atom is -0.493 e. The van der Waals surface area contributed by atoms with Crippen LogP contribution >= 0.6 is 0 Å². The predicted octanol–water partition coefficient (Wildman–Crippen LogP) is 1.20. The molecular weight excluding hydrogens is 298 g/mol. The average molecular weight is 319 g/mol. The molecule has 0 aromatic heterocycles. The third-order valence-corrected chi connectivity index (χ3v) is 4.15. The van der Waals surface area contributed by atoms with Gasteiger partial charge in [0.1, 0.15) is 6.10 Å². The number of nitrogens with zero attached hydrogens (tertiary/aromatic N) is 1. The van der Waals surface area contributed by atoms with Crippen LogP contribution in [0.3, 0.4) is 0 Å². The largest absolute Gasteiger partial charge is 0.493 e. The maximum Gasteiger partial charge on any atom is 0.255 e. The van der Waals surface area contributed by atoms with Gasteiger partial charge in [-0.2, -0.15) is 0 Å². The SMILES string of the molecule is COc1cc2c(cc1O[C@H]1CCN(C(C)=O)C1)C(=O)NC(C)N2. The van der Waals surface area contributed by atoms with Crippen molar-refractivity contribution in [3.05, 3.63) is 17.7 Å². The monoisotopic (exact) mass is 319 g/mol. The summed E-state index contributed by atoms with van der Waals surface area (Å²) in [7, 11) is 1.57. The summed E-state index contributed by atoms with van der Waals surface area (Å²) in [5.41, 5.74) is 1.25. The molecule has 7 heteroatoms. The van der Waals surface area contributed by atoms with Crippen LogP contribution in [0.15, 0.2) is 12.1 Å². The van der Waals surface area contributed by atoms with E-state index in [1.54, 1.807) is 31.1 Å². The Kier molecular flexibility index (Phi) is 4.02. The molecule has 0 aliphatic carbocycles. The van der Waals surface area contributed by atoms with Gasteiger partial charge in [-0.05, 0) is 13.0 Å². The lowest BCUT2D eigenvalue weighted by molar-refractivity contribution is -0.128. The zero-order chi connectivity index (χ0) is 16.6. The zero-order valence-electron chi connectivity index (χ0n) is 13.5. The third-order valence-electron chi connectivity index (χ3n) is 4.15. The summed E-state index contributed by atoms with van der Waals surface area (Å²) in [4.78, 5) is 25.3. The summed E-state index contributed by atoms with van der Waals surface area (Å²) >= 11 is 0. The van der Waals surface area contributed by atoms with Crippen LogP contribution in [-0.2, 0) is 4.79 Å². The van der Waals surface area contributed by atoms with E-state index in [0.717, 1.165) is 12.1 Å². The van der Waals surface area contributed by atoms with Gasteiger partial charge in [-0.1, -0.05) is 0 Å². The quantitative estimate of drug-likeness (QED) is 0.875. The Balaban J connectivity index is 1.83. The number of fused-ring (bicyclic) bond motifs is 1. The van der Waals surface area contributed by atoms with Crippen molar-refractivity contribution in [1.29, 1.82) is 0 Å². The highest BCUT2D eigenvalue weighted by Gasteiger charge is 2.28. The van der Waals surface area contributed by atoms with Crippen molar-refractivity contribution in [2.24, 2.45) is 0 Å². The highest BCUT2D eigenvalue weighted by molar-refractivity contribution is 6.02. The van der Waals surface area contributed by atoms with Gasteiger partial charge in [0.05, 0.1) is 31.1 Å². The second kappa shape index (κ2) is 5.98. The van der Waals surface area contributed by atoms with E-state index in [0.29, 0.717) is 30.2 Å². The Morgan fingerprint density at radius 1 is 1.30 bits per heavy atom. The summed E-state index contributed by atoms with van der Waals surface area (Å²) in [6.45, 7) is 4.66. The standard InChI is InChI=1S/C16H21N3O4/c1-9-17-13-7-14(22-3)15(6-12(13)16(21)18-9)23-11-4-5-19(8-11)10(2)20/h6-7,9,11,17H,4-5,8H2,1-3H3,(H,18,21)/t9?,11-/m0/s1. The number of nitrogens with one attached hydrogen (secondary N) is 2. The molecule has 1 unspecified atom stereocenters. The zero-order valence-corrected chi connectivity index (χ0v) is 13.5. The van der Waals surface area contributed by atoms with Crippen LogP contribution in [-0.4, -0.2) is 49.2 Å². The molecule has 0 spiro atoms. The first-order valence-electron chi connectivity index (χ1n) is 7.69. The van der Waals surface area contributed by atoms with E-state index in [2.05, 4.69) is 10.6 Å². The van der Waals surface area contributed by atoms with Crippen LogP contribution in [0.1, 0.15) is 30.6 Å². The Labute approximate surface area is 134 Å². The molecule has 2 aliphatic rings. The lowest BCUT2D eigenvalue weighted by atomic mass is 10.1. The highest BCUT2D eigenvalue weighted by Crippen LogP contribution is 2.36. The molecular formula is C16H21N3O4. The normalized spacial score (nSPS) is 22.9. The van der Waals surface area contributed by atoms with Gasteiger partial charge in [0, 0.05) is 26.0 Å². The van der Waals surface area contributed by atoms with E-state index in [-0.39, 0.29) is 24.1 Å². The predicted molar refractivity (Wildman–Crippen MR) is 84.8 cm³/mol. The molecule has 23 heavy (non-hydrogen) atoms. The number of hydrogen-bond acceptors (Lipinski definition) is 5. The van der Waals surface area contributed by atoms with Crippen molar-refractivity contribution in [3.63, 3.8) is 0 Å². The van der Waals surface area contributed by atoms with E-state index in [9.17, 15) is 9.59 Å². The van der Waals surface area contributed by atoms with E-state index >= 15 is 0 Å². The van der Waals surface area contributed by atoms with Gasteiger partial charge in [-0.15, -0.1) is 0 Å². The van der Waals surface area contributed by atoms with E-state index in [4.69, 9.17) is 9.47 Å². The molecule has 7 nitrogen and oxygen atoms in total. The van der Waals surface area contributed by atoms with Gasteiger partial charge in [0.25, 0.3) is 5.91 Å². The Bertz CT molecular complexity index is 646. The first kappa shape index (κ1) is 15.5. The van der Waals surface area contributed by atoms with Crippen LogP contribution in [0.5, 0.6) is 11.5 Å². The fraction of sp³-hybridized carbons (Fsp3) is 0.500. The molecule has 0 bridgehead atoms. The Morgan fingerprint density at radius 2 is 2.09 bits per heavy atom. The number of rotatable bonds is 3. The van der Waals surface area contributed by atoms with Gasteiger partial charge < -0.3 is 25.0 Å². The second-order valence-electron chi connectivity index (χ2n) is 5.88. The number of amides is 2. The van der Waals surface area contributed by atoms with Crippen LogP contribution in [0, 0.1) is 0 Å². The van der Waals surface area contributed by atoms with Crippen molar-refractivity contribution in [1.82, 2.24) is 10.2 Å². The van der Waals surface area contributed by atoms with Gasteiger partial charge in [0.15, 0.2) is 11.5 Å². The van der Waals surface area contributed by atoms with Crippen molar-refractivity contribution in [2.75, 3.05) is 25.5 Å². The van der Waals surface area contributed by atoms with E-state index in [1.165, 1.54) is 0 Å². The first-order chi connectivity index (χ1) is 11.0. The smallest absolute Gasteiger partial charge is 0.255 e. The van der Waals surface area contributed by atoms with Gasteiger partial charge in [-0.25, -0.2) is 0 Å². The Hall–Kier alpha value is -2.44. The summed E-state index contributed by atoms with van der Waals surface area (Å²) in [6, 6.07) is 3.47. The van der Waals surface area contributed by atoms with E-state index in [1.807, 2.05) is 6.92 Å². The van der Waals surface area contributed by atoms with Gasteiger partial charge in [-0.3, -0.25) is 9.59 Å². The molecule has 2 N–H and O–H groups in total. The molecule has 2 aliphatic heterocycles. The molecule has 2 atom stereocenters. The van der Waals surface area contributed by atoms with E-state index < -0.39 is 0 Å². The molecule has 1 aromatic rings. The van der Waals surface area contributed by atoms with Crippen molar-refractivity contribution >= 4 is 17.5 Å². The maximum atomic E-state index is 12.1. The molecule has 2 amide bonds. The van der Waals surface area contributed by atoms with Crippen LogP contribution in [0.2, 0.25) is 0 Å². The number of anilines is 1. The molecule has 0 saturated carbocycles.